The first kappa shape index (κ1) is 21.6. The first-order chi connectivity index (χ1) is 15.4. The van der Waals surface area contributed by atoms with Gasteiger partial charge in [-0.3, -0.25) is 14.4 Å². The summed E-state index contributed by atoms with van der Waals surface area (Å²) in [5.41, 5.74) is 1.66. The summed E-state index contributed by atoms with van der Waals surface area (Å²) in [6.45, 7) is 0. The van der Waals surface area contributed by atoms with E-state index in [0.29, 0.717) is 32.0 Å². The fraction of sp³-hybridized carbons (Fsp3) is 0.130. The molecule has 2 amide bonds. The van der Waals surface area contributed by atoms with Crippen LogP contribution >= 0.6 is 46.4 Å². The fourth-order valence-electron chi connectivity index (χ4n) is 4.15. The number of benzene rings is 3. The quantitative estimate of drug-likeness (QED) is 0.387. The van der Waals surface area contributed by atoms with E-state index in [-0.39, 0.29) is 5.02 Å². The van der Waals surface area contributed by atoms with E-state index in [2.05, 4.69) is 0 Å². The Hall–Kier alpha value is -2.28. The number of amides is 2. The number of carbonyl (C=O) groups is 2. The number of nitrogens with zero attached hydrogens (tertiary/aromatic N) is 2. The van der Waals surface area contributed by atoms with Gasteiger partial charge in [-0.1, -0.05) is 70.7 Å². The predicted octanol–water partition coefficient (Wildman–Crippen LogP) is 6.35. The SMILES string of the molecule is O=C1[C@@H]2[C@@H](ON(c3ccccc3)[C@H]2c2ccc(Cl)cc2Cl)C(=O)N1c1ccc(Cl)c(Cl)c1. The number of hydroxylamine groups is 1. The van der Waals surface area contributed by atoms with Crippen molar-refractivity contribution in [1.82, 2.24) is 0 Å². The van der Waals surface area contributed by atoms with Crippen LogP contribution in [0.2, 0.25) is 20.1 Å². The maximum Gasteiger partial charge on any atom is 0.266 e. The van der Waals surface area contributed by atoms with Crippen molar-refractivity contribution in [3.05, 3.63) is 92.4 Å². The molecule has 0 saturated carbocycles. The molecule has 2 saturated heterocycles. The molecule has 0 N–H and O–H groups in total. The van der Waals surface area contributed by atoms with Gasteiger partial charge in [-0.15, -0.1) is 0 Å². The molecule has 2 fully saturated rings. The van der Waals surface area contributed by atoms with Crippen LogP contribution in [0.4, 0.5) is 11.4 Å². The molecule has 5 rings (SSSR count). The van der Waals surface area contributed by atoms with Gasteiger partial charge in [-0.2, -0.15) is 0 Å². The molecule has 0 spiro atoms. The lowest BCUT2D eigenvalue weighted by atomic mass is 9.90. The van der Waals surface area contributed by atoms with Gasteiger partial charge in [0.05, 0.1) is 27.5 Å². The highest BCUT2D eigenvalue weighted by molar-refractivity contribution is 6.42. The van der Waals surface area contributed by atoms with Gasteiger partial charge in [-0.05, 0) is 48.0 Å². The minimum Gasteiger partial charge on any atom is -0.273 e. The standard InChI is InChI=1S/C23H14Cl4N2O3/c24-12-6-8-15(17(26)10-12)20-19-21(32-29(20)13-4-2-1-3-5-13)23(31)28(22(19)30)14-7-9-16(25)18(27)11-14/h1-11,19-21H/t19-,20-,21+/m0/s1. The lowest BCUT2D eigenvalue weighted by molar-refractivity contribution is -0.126. The number of halogens is 4. The predicted molar refractivity (Wildman–Crippen MR) is 125 cm³/mol. The summed E-state index contributed by atoms with van der Waals surface area (Å²) in [7, 11) is 0. The van der Waals surface area contributed by atoms with Crippen LogP contribution in [0.1, 0.15) is 11.6 Å². The van der Waals surface area contributed by atoms with Crippen LogP contribution in [0.3, 0.4) is 0 Å². The Labute approximate surface area is 203 Å². The van der Waals surface area contributed by atoms with Crippen molar-refractivity contribution in [1.29, 1.82) is 0 Å². The van der Waals surface area contributed by atoms with E-state index in [1.165, 1.54) is 6.07 Å². The van der Waals surface area contributed by atoms with Gasteiger partial charge in [0.2, 0.25) is 5.91 Å². The molecule has 162 valence electrons. The molecule has 2 heterocycles. The molecule has 0 unspecified atom stereocenters. The zero-order chi connectivity index (χ0) is 22.6. The molecular formula is C23H14Cl4N2O3. The Morgan fingerprint density at radius 3 is 2.16 bits per heavy atom. The van der Waals surface area contributed by atoms with Crippen molar-refractivity contribution < 1.29 is 14.4 Å². The van der Waals surface area contributed by atoms with Crippen molar-refractivity contribution in [3.63, 3.8) is 0 Å². The minimum atomic E-state index is -1.02. The number of para-hydroxylation sites is 1. The molecule has 3 atom stereocenters. The van der Waals surface area contributed by atoms with Gasteiger partial charge >= 0.3 is 0 Å². The Balaban J connectivity index is 1.61. The van der Waals surface area contributed by atoms with Crippen LogP contribution in [0.15, 0.2) is 66.7 Å². The summed E-state index contributed by atoms with van der Waals surface area (Å²) < 4.78 is 0. The third-order valence-corrected chi connectivity index (χ3v) is 6.87. The molecule has 2 aliphatic heterocycles. The van der Waals surface area contributed by atoms with E-state index in [1.54, 1.807) is 35.4 Å². The number of carbonyl (C=O) groups excluding carboxylic acids is 2. The van der Waals surface area contributed by atoms with Crippen LogP contribution in [0.25, 0.3) is 0 Å². The zero-order valence-electron chi connectivity index (χ0n) is 16.2. The second-order valence-corrected chi connectivity index (χ2v) is 9.09. The summed E-state index contributed by atoms with van der Waals surface area (Å²) >= 11 is 24.7. The van der Waals surface area contributed by atoms with E-state index in [1.807, 2.05) is 30.3 Å². The van der Waals surface area contributed by atoms with E-state index >= 15 is 0 Å². The zero-order valence-corrected chi connectivity index (χ0v) is 19.2. The molecule has 5 nitrogen and oxygen atoms in total. The molecule has 3 aromatic rings. The summed E-state index contributed by atoms with van der Waals surface area (Å²) in [6.07, 6.45) is -1.02. The van der Waals surface area contributed by atoms with Crippen molar-refractivity contribution in [2.75, 3.05) is 9.96 Å². The second-order valence-electron chi connectivity index (χ2n) is 7.43. The first-order valence-corrected chi connectivity index (χ1v) is 11.2. The van der Waals surface area contributed by atoms with E-state index in [0.717, 1.165) is 4.90 Å². The number of hydrogen-bond acceptors (Lipinski definition) is 4. The Bertz CT molecular complexity index is 1240. The maximum atomic E-state index is 13.6. The maximum absolute atomic E-state index is 13.6. The van der Waals surface area contributed by atoms with Gasteiger partial charge in [0, 0.05) is 10.0 Å². The highest BCUT2D eigenvalue weighted by Crippen LogP contribution is 2.49. The van der Waals surface area contributed by atoms with Crippen molar-refractivity contribution in [2.45, 2.75) is 12.1 Å². The Morgan fingerprint density at radius 1 is 0.719 bits per heavy atom. The lowest BCUT2D eigenvalue weighted by Crippen LogP contribution is -2.37. The van der Waals surface area contributed by atoms with Crippen LogP contribution in [-0.4, -0.2) is 17.9 Å². The second kappa shape index (κ2) is 8.25. The van der Waals surface area contributed by atoms with Gasteiger partial charge in [0.15, 0.2) is 6.10 Å². The summed E-state index contributed by atoms with van der Waals surface area (Å²) in [4.78, 5) is 34.1. The molecule has 9 heteroatoms. The molecule has 32 heavy (non-hydrogen) atoms. The largest absolute Gasteiger partial charge is 0.273 e. The van der Waals surface area contributed by atoms with E-state index in [4.69, 9.17) is 51.2 Å². The van der Waals surface area contributed by atoms with Crippen LogP contribution in [-0.2, 0) is 14.4 Å². The number of rotatable bonds is 3. The van der Waals surface area contributed by atoms with Gasteiger partial charge in [0.1, 0.15) is 5.92 Å². The van der Waals surface area contributed by atoms with E-state index in [9.17, 15) is 9.59 Å². The summed E-state index contributed by atoms with van der Waals surface area (Å²) in [6, 6.07) is 18.2. The monoisotopic (exact) mass is 506 g/mol. The topological polar surface area (TPSA) is 49.9 Å². The highest BCUT2D eigenvalue weighted by Gasteiger charge is 2.60. The van der Waals surface area contributed by atoms with Crippen LogP contribution in [0.5, 0.6) is 0 Å². The summed E-state index contributed by atoms with van der Waals surface area (Å²) in [5, 5.41) is 2.98. The number of fused-ring (bicyclic) bond motifs is 1. The average Bonchev–Trinajstić information content (AvgIpc) is 3.27. The number of hydrogen-bond donors (Lipinski definition) is 0. The third-order valence-electron chi connectivity index (χ3n) is 5.57. The van der Waals surface area contributed by atoms with Gasteiger partial charge < -0.3 is 0 Å². The Morgan fingerprint density at radius 2 is 1.47 bits per heavy atom. The normalized spacial score (nSPS) is 22.6. The molecule has 2 aliphatic rings. The van der Waals surface area contributed by atoms with Crippen LogP contribution in [0, 0.1) is 5.92 Å². The van der Waals surface area contributed by atoms with Gasteiger partial charge in [0.25, 0.3) is 5.91 Å². The molecule has 0 radical (unpaired) electrons. The summed E-state index contributed by atoms with van der Waals surface area (Å²) in [5.74, 6) is -1.71. The molecule has 0 bridgehead atoms. The highest BCUT2D eigenvalue weighted by atomic mass is 35.5. The molecular weight excluding hydrogens is 494 g/mol. The smallest absolute Gasteiger partial charge is 0.266 e. The minimum absolute atomic E-state index is 0.242. The number of anilines is 2. The number of imide groups is 1. The van der Waals surface area contributed by atoms with Crippen molar-refractivity contribution in [2.24, 2.45) is 5.92 Å². The van der Waals surface area contributed by atoms with Crippen LogP contribution < -0.4 is 9.96 Å². The van der Waals surface area contributed by atoms with Crippen molar-refractivity contribution >= 4 is 69.6 Å². The average molecular weight is 508 g/mol. The third kappa shape index (κ3) is 3.45. The van der Waals surface area contributed by atoms with Gasteiger partial charge in [-0.25, -0.2) is 9.96 Å². The molecule has 0 aromatic heterocycles. The molecule has 3 aromatic carbocycles. The van der Waals surface area contributed by atoms with Crippen molar-refractivity contribution in [3.8, 4) is 0 Å². The first-order valence-electron chi connectivity index (χ1n) is 9.65. The Kier molecular flexibility index (Phi) is 5.56. The molecule has 0 aliphatic carbocycles. The van der Waals surface area contributed by atoms with E-state index < -0.39 is 29.9 Å². The lowest BCUT2D eigenvalue weighted by Gasteiger charge is -2.29. The fourth-order valence-corrected chi connectivity index (χ4v) is 4.96.